The Labute approximate surface area is 104 Å². The van der Waals surface area contributed by atoms with Crippen LogP contribution in [0.1, 0.15) is 25.5 Å². The lowest BCUT2D eigenvalue weighted by Gasteiger charge is -2.21. The Morgan fingerprint density at radius 3 is 2.88 bits per heavy atom. The van der Waals surface area contributed by atoms with E-state index in [4.69, 9.17) is 11.6 Å². The molecule has 90 valence electrons. The summed E-state index contributed by atoms with van der Waals surface area (Å²) in [6.45, 7) is 3.76. The van der Waals surface area contributed by atoms with Crippen LogP contribution in [-0.2, 0) is 4.79 Å². The first-order valence-corrected chi connectivity index (χ1v) is 6.49. The molecule has 16 heavy (non-hydrogen) atoms. The monoisotopic (exact) mass is 261 g/mol. The number of hydrogen-bond donors (Lipinski definition) is 2. The van der Waals surface area contributed by atoms with Gasteiger partial charge in [0.2, 0.25) is 5.91 Å². The van der Waals surface area contributed by atoms with Crippen molar-refractivity contribution in [3.05, 3.63) is 22.4 Å². The van der Waals surface area contributed by atoms with Gasteiger partial charge in [-0.2, -0.15) is 11.3 Å². The van der Waals surface area contributed by atoms with Gasteiger partial charge in [-0.3, -0.25) is 4.79 Å². The fourth-order valence-corrected chi connectivity index (χ4v) is 1.90. The molecule has 0 radical (unpaired) electrons. The van der Waals surface area contributed by atoms with E-state index in [2.05, 4.69) is 5.32 Å². The minimum absolute atomic E-state index is 0.142. The van der Waals surface area contributed by atoms with Gasteiger partial charge < -0.3 is 10.4 Å². The zero-order valence-corrected chi connectivity index (χ0v) is 10.9. The van der Waals surface area contributed by atoms with Crippen LogP contribution in [-0.4, -0.2) is 23.4 Å². The summed E-state index contributed by atoms with van der Waals surface area (Å²) >= 11 is 7.20. The number of hydrogen-bond acceptors (Lipinski definition) is 3. The summed E-state index contributed by atoms with van der Waals surface area (Å²) in [4.78, 5) is 11.7. The summed E-state index contributed by atoms with van der Waals surface area (Å²) in [5.41, 5.74) is 0.226. The molecule has 0 aliphatic rings. The molecule has 2 N–H and O–H groups in total. The van der Waals surface area contributed by atoms with Crippen molar-refractivity contribution in [2.24, 2.45) is 5.41 Å². The fraction of sp³-hybridized carbons (Fsp3) is 0.545. The number of carbonyl (C=O) groups is 1. The van der Waals surface area contributed by atoms with Crippen LogP contribution in [0.4, 0.5) is 0 Å². The number of halogens is 1. The maximum atomic E-state index is 11.7. The van der Waals surface area contributed by atoms with Crippen LogP contribution >= 0.6 is 22.9 Å². The molecule has 0 bridgehead atoms. The van der Waals surface area contributed by atoms with E-state index in [1.165, 1.54) is 11.3 Å². The first-order chi connectivity index (χ1) is 7.47. The molecule has 0 fully saturated rings. The maximum Gasteiger partial charge on any atom is 0.226 e. The van der Waals surface area contributed by atoms with Crippen LogP contribution in [0.2, 0.25) is 0 Å². The zero-order chi connectivity index (χ0) is 12.2. The highest BCUT2D eigenvalue weighted by Gasteiger charge is 2.26. The molecular formula is C11H16ClNO2S. The van der Waals surface area contributed by atoms with Crippen LogP contribution in [0.25, 0.3) is 0 Å². The number of carbonyl (C=O) groups excluding carboxylic acids is 1. The minimum atomic E-state index is -0.652. The number of rotatable bonds is 5. The van der Waals surface area contributed by atoms with Gasteiger partial charge in [-0.1, -0.05) is 0 Å². The quantitative estimate of drug-likeness (QED) is 0.798. The highest BCUT2D eigenvalue weighted by atomic mass is 35.5. The molecule has 1 heterocycles. The van der Waals surface area contributed by atoms with Gasteiger partial charge >= 0.3 is 0 Å². The van der Waals surface area contributed by atoms with E-state index >= 15 is 0 Å². The van der Waals surface area contributed by atoms with Crippen LogP contribution in [0.3, 0.4) is 0 Å². The lowest BCUT2D eigenvalue weighted by Crippen LogP contribution is -2.40. The van der Waals surface area contributed by atoms with Gasteiger partial charge in [-0.25, -0.2) is 0 Å². The summed E-state index contributed by atoms with van der Waals surface area (Å²) in [6.07, 6.45) is -0.652. The molecule has 0 aliphatic carbocycles. The topological polar surface area (TPSA) is 49.3 Å². The van der Waals surface area contributed by atoms with E-state index in [9.17, 15) is 9.90 Å². The highest BCUT2D eigenvalue weighted by Crippen LogP contribution is 2.18. The Bertz CT molecular complexity index is 338. The van der Waals surface area contributed by atoms with Crippen molar-refractivity contribution >= 4 is 28.8 Å². The van der Waals surface area contributed by atoms with Gasteiger partial charge in [0.15, 0.2) is 0 Å². The average Bonchev–Trinajstić information content (AvgIpc) is 2.78. The van der Waals surface area contributed by atoms with E-state index in [0.29, 0.717) is 0 Å². The molecule has 5 heteroatoms. The van der Waals surface area contributed by atoms with Gasteiger partial charge in [0, 0.05) is 12.4 Å². The Balaban J connectivity index is 2.44. The third-order valence-electron chi connectivity index (χ3n) is 2.33. The molecule has 1 aromatic heterocycles. The second kappa shape index (κ2) is 5.66. The van der Waals surface area contributed by atoms with Crippen LogP contribution < -0.4 is 5.32 Å². The predicted octanol–water partition coefficient (Wildman–Crippen LogP) is 2.16. The third kappa shape index (κ3) is 3.47. The summed E-state index contributed by atoms with van der Waals surface area (Å²) in [7, 11) is 0. The van der Waals surface area contributed by atoms with Crippen molar-refractivity contribution in [2.75, 3.05) is 12.4 Å². The van der Waals surface area contributed by atoms with Gasteiger partial charge in [0.25, 0.3) is 0 Å². The SMILES string of the molecule is CC(C)(CCl)C(=O)NCC(O)c1ccsc1. The van der Waals surface area contributed by atoms with Crippen molar-refractivity contribution in [3.63, 3.8) is 0 Å². The number of aliphatic hydroxyl groups is 1. The van der Waals surface area contributed by atoms with Crippen molar-refractivity contribution in [2.45, 2.75) is 20.0 Å². The van der Waals surface area contributed by atoms with E-state index in [1.807, 2.05) is 16.8 Å². The van der Waals surface area contributed by atoms with E-state index < -0.39 is 11.5 Å². The molecule has 0 aliphatic heterocycles. The summed E-state index contributed by atoms with van der Waals surface area (Å²) in [5, 5.41) is 16.2. The van der Waals surface area contributed by atoms with Crippen molar-refractivity contribution in [1.29, 1.82) is 0 Å². The van der Waals surface area contributed by atoms with Crippen molar-refractivity contribution in [1.82, 2.24) is 5.32 Å². The Morgan fingerprint density at radius 2 is 2.38 bits per heavy atom. The highest BCUT2D eigenvalue weighted by molar-refractivity contribution is 7.07. The van der Waals surface area contributed by atoms with Gasteiger partial charge in [0.1, 0.15) is 0 Å². The van der Waals surface area contributed by atoms with E-state index in [-0.39, 0.29) is 18.3 Å². The second-order valence-electron chi connectivity index (χ2n) is 4.30. The number of aliphatic hydroxyl groups excluding tert-OH is 1. The standard InChI is InChI=1S/C11H16ClNO2S/c1-11(2,7-12)10(15)13-5-9(14)8-3-4-16-6-8/h3-4,6,9,14H,5,7H2,1-2H3,(H,13,15). The second-order valence-corrected chi connectivity index (χ2v) is 5.35. The van der Waals surface area contributed by atoms with Gasteiger partial charge in [-0.05, 0) is 36.2 Å². The third-order valence-corrected chi connectivity index (χ3v) is 3.70. The fourth-order valence-electron chi connectivity index (χ4n) is 1.07. The van der Waals surface area contributed by atoms with Crippen LogP contribution in [0.15, 0.2) is 16.8 Å². The van der Waals surface area contributed by atoms with Crippen molar-refractivity contribution in [3.8, 4) is 0 Å². The lowest BCUT2D eigenvalue weighted by atomic mass is 9.95. The van der Waals surface area contributed by atoms with E-state index in [1.54, 1.807) is 13.8 Å². The Kier molecular flexibility index (Phi) is 4.77. The average molecular weight is 262 g/mol. The molecule has 1 amide bonds. The first-order valence-electron chi connectivity index (χ1n) is 5.02. The molecule has 1 aromatic rings. The lowest BCUT2D eigenvalue weighted by molar-refractivity contribution is -0.128. The zero-order valence-electron chi connectivity index (χ0n) is 9.37. The molecule has 1 rings (SSSR count). The molecule has 3 nitrogen and oxygen atoms in total. The molecule has 1 atom stereocenters. The maximum absolute atomic E-state index is 11.7. The predicted molar refractivity (Wildman–Crippen MR) is 66.8 cm³/mol. The van der Waals surface area contributed by atoms with Crippen molar-refractivity contribution < 1.29 is 9.90 Å². The number of amides is 1. The molecule has 1 unspecified atom stereocenters. The summed E-state index contributed by atoms with van der Waals surface area (Å²) in [5.74, 6) is 0.115. The molecular weight excluding hydrogens is 246 g/mol. The molecule has 0 aromatic carbocycles. The summed E-state index contributed by atoms with van der Waals surface area (Å²) in [6, 6.07) is 1.84. The first kappa shape index (κ1) is 13.5. The molecule has 0 saturated heterocycles. The van der Waals surface area contributed by atoms with Crippen LogP contribution in [0, 0.1) is 5.41 Å². The van der Waals surface area contributed by atoms with Gasteiger partial charge in [0.05, 0.1) is 11.5 Å². The smallest absolute Gasteiger partial charge is 0.226 e. The molecule has 0 saturated carbocycles. The Hall–Kier alpha value is -0.580. The number of nitrogens with one attached hydrogen (secondary N) is 1. The number of alkyl halides is 1. The number of thiophene rings is 1. The summed E-state index contributed by atoms with van der Waals surface area (Å²) < 4.78 is 0. The normalized spacial score (nSPS) is 13.5. The van der Waals surface area contributed by atoms with Crippen LogP contribution in [0.5, 0.6) is 0 Å². The molecule has 0 spiro atoms. The largest absolute Gasteiger partial charge is 0.387 e. The Morgan fingerprint density at radius 1 is 1.69 bits per heavy atom. The van der Waals surface area contributed by atoms with E-state index in [0.717, 1.165) is 5.56 Å². The minimum Gasteiger partial charge on any atom is -0.387 e. The van der Waals surface area contributed by atoms with Gasteiger partial charge in [-0.15, -0.1) is 11.6 Å².